The minimum Gasteiger partial charge on any atom is -0.397 e. The molecule has 0 spiro atoms. The van der Waals surface area contributed by atoms with Crippen LogP contribution in [0.15, 0.2) is 16.1 Å². The van der Waals surface area contributed by atoms with E-state index in [1.54, 1.807) is 17.8 Å². The van der Waals surface area contributed by atoms with Gasteiger partial charge in [0.2, 0.25) is 0 Å². The van der Waals surface area contributed by atoms with Gasteiger partial charge >= 0.3 is 0 Å². The predicted molar refractivity (Wildman–Crippen MR) is 56.6 cm³/mol. The summed E-state index contributed by atoms with van der Waals surface area (Å²) in [5.41, 5.74) is 12.6. The van der Waals surface area contributed by atoms with Gasteiger partial charge in [-0.15, -0.1) is 23.5 Å². The molecule has 0 aromatic carbocycles. The Bertz CT molecular complexity index is 288. The molecule has 0 saturated carbocycles. The van der Waals surface area contributed by atoms with Crippen molar-refractivity contribution < 1.29 is 0 Å². The van der Waals surface area contributed by atoms with E-state index in [4.69, 9.17) is 11.5 Å². The molecule has 0 aliphatic heterocycles. The summed E-state index contributed by atoms with van der Waals surface area (Å²) >= 11 is 3.07. The molecule has 0 aliphatic carbocycles. The summed E-state index contributed by atoms with van der Waals surface area (Å²) in [6.07, 6.45) is 3.89. The zero-order valence-electron chi connectivity index (χ0n) is 7.00. The van der Waals surface area contributed by atoms with Crippen LogP contribution in [0.5, 0.6) is 0 Å². The number of nitrogens with two attached hydrogens (primary N) is 2. The van der Waals surface area contributed by atoms with Gasteiger partial charge in [0.25, 0.3) is 0 Å². The SMILES string of the molecule is CSc1cc(N)c(N)c(SC)n1. The highest BCUT2D eigenvalue weighted by molar-refractivity contribution is 7.99. The summed E-state index contributed by atoms with van der Waals surface area (Å²) in [4.78, 5) is 4.29. The average molecular weight is 201 g/mol. The molecule has 1 aromatic rings. The molecule has 0 atom stereocenters. The number of nitrogens with zero attached hydrogens (tertiary/aromatic N) is 1. The molecule has 4 N–H and O–H groups in total. The molecule has 5 heteroatoms. The average Bonchev–Trinajstić information content (AvgIpc) is 2.09. The number of hydrogen-bond donors (Lipinski definition) is 2. The molecule has 1 heterocycles. The third-order valence-corrected chi connectivity index (χ3v) is 2.76. The van der Waals surface area contributed by atoms with Crippen molar-refractivity contribution in [1.29, 1.82) is 0 Å². The van der Waals surface area contributed by atoms with Gasteiger partial charge in [-0.2, -0.15) is 0 Å². The van der Waals surface area contributed by atoms with Crippen LogP contribution in [-0.2, 0) is 0 Å². The normalized spacial score (nSPS) is 10.2. The Morgan fingerprint density at radius 2 is 1.92 bits per heavy atom. The van der Waals surface area contributed by atoms with E-state index >= 15 is 0 Å². The third-order valence-electron chi connectivity index (χ3n) is 1.43. The Morgan fingerprint density at radius 1 is 1.25 bits per heavy atom. The summed E-state index contributed by atoms with van der Waals surface area (Å²) in [6, 6.07) is 1.79. The Balaban J connectivity index is 3.19. The number of hydrogen-bond acceptors (Lipinski definition) is 5. The molecule has 1 aromatic heterocycles. The van der Waals surface area contributed by atoms with Crippen molar-refractivity contribution in [1.82, 2.24) is 4.98 Å². The maximum atomic E-state index is 5.70. The van der Waals surface area contributed by atoms with E-state index in [1.165, 1.54) is 11.8 Å². The van der Waals surface area contributed by atoms with Crippen LogP contribution >= 0.6 is 23.5 Å². The quantitative estimate of drug-likeness (QED) is 0.713. The van der Waals surface area contributed by atoms with Gasteiger partial charge < -0.3 is 11.5 Å². The maximum absolute atomic E-state index is 5.70. The fourth-order valence-corrected chi connectivity index (χ4v) is 1.80. The zero-order valence-corrected chi connectivity index (χ0v) is 8.63. The number of aromatic nitrogens is 1. The summed E-state index contributed by atoms with van der Waals surface area (Å²) in [6.45, 7) is 0. The van der Waals surface area contributed by atoms with Crippen LogP contribution in [0.25, 0.3) is 0 Å². The van der Waals surface area contributed by atoms with Crippen molar-refractivity contribution in [2.75, 3.05) is 24.0 Å². The second-order valence-corrected chi connectivity index (χ2v) is 3.80. The zero-order chi connectivity index (χ0) is 9.14. The smallest absolute Gasteiger partial charge is 0.122 e. The highest BCUT2D eigenvalue weighted by Gasteiger charge is 2.05. The first kappa shape index (κ1) is 9.54. The fraction of sp³-hybridized carbons (Fsp3) is 0.286. The van der Waals surface area contributed by atoms with Crippen LogP contribution in [0.2, 0.25) is 0 Å². The van der Waals surface area contributed by atoms with E-state index in [9.17, 15) is 0 Å². The van der Waals surface area contributed by atoms with Crippen LogP contribution in [0, 0.1) is 0 Å². The van der Waals surface area contributed by atoms with Crippen LogP contribution in [0.3, 0.4) is 0 Å². The number of pyridine rings is 1. The number of nitrogen functional groups attached to an aromatic ring is 2. The van der Waals surface area contributed by atoms with Gasteiger partial charge in [-0.1, -0.05) is 0 Å². The van der Waals surface area contributed by atoms with Gasteiger partial charge in [0, 0.05) is 0 Å². The standard InChI is InChI=1S/C7H11N3S2/c1-11-5-3-4(8)6(9)7(10-5)12-2/h3H,9H2,1-2H3,(H2,8,10). The summed E-state index contributed by atoms with van der Waals surface area (Å²) in [7, 11) is 0. The van der Waals surface area contributed by atoms with Gasteiger partial charge in [0.1, 0.15) is 5.03 Å². The monoisotopic (exact) mass is 201 g/mol. The fourth-order valence-electron chi connectivity index (χ4n) is 0.787. The molecule has 0 saturated heterocycles. The van der Waals surface area contributed by atoms with E-state index in [-0.39, 0.29) is 0 Å². The minimum atomic E-state index is 0.584. The highest BCUT2D eigenvalue weighted by Crippen LogP contribution is 2.29. The van der Waals surface area contributed by atoms with Crippen molar-refractivity contribution in [3.63, 3.8) is 0 Å². The van der Waals surface area contributed by atoms with E-state index in [1.807, 2.05) is 12.5 Å². The first-order valence-electron chi connectivity index (χ1n) is 3.33. The van der Waals surface area contributed by atoms with Crippen LogP contribution in [0.4, 0.5) is 11.4 Å². The second kappa shape index (κ2) is 3.91. The van der Waals surface area contributed by atoms with E-state index in [0.717, 1.165) is 10.1 Å². The third kappa shape index (κ3) is 1.78. The first-order valence-corrected chi connectivity index (χ1v) is 5.78. The van der Waals surface area contributed by atoms with Crippen LogP contribution in [-0.4, -0.2) is 17.5 Å². The largest absolute Gasteiger partial charge is 0.397 e. The molecule has 12 heavy (non-hydrogen) atoms. The number of rotatable bonds is 2. The van der Waals surface area contributed by atoms with Crippen molar-refractivity contribution in [2.24, 2.45) is 0 Å². The lowest BCUT2D eigenvalue weighted by Crippen LogP contribution is -1.99. The molecule has 3 nitrogen and oxygen atoms in total. The topological polar surface area (TPSA) is 64.9 Å². The summed E-state index contributed by atoms with van der Waals surface area (Å²) in [5.74, 6) is 0. The molecule has 0 fully saturated rings. The van der Waals surface area contributed by atoms with Gasteiger partial charge in [-0.3, -0.25) is 0 Å². The van der Waals surface area contributed by atoms with E-state index in [0.29, 0.717) is 11.4 Å². The lowest BCUT2D eigenvalue weighted by molar-refractivity contribution is 1.02. The van der Waals surface area contributed by atoms with Gasteiger partial charge in [0.05, 0.1) is 16.4 Å². The van der Waals surface area contributed by atoms with Crippen molar-refractivity contribution in [2.45, 2.75) is 10.1 Å². The van der Waals surface area contributed by atoms with E-state index in [2.05, 4.69) is 4.98 Å². The Labute approximate surface area is 80.3 Å². The molecule has 0 unspecified atom stereocenters. The molecule has 0 bridgehead atoms. The second-order valence-electron chi connectivity index (χ2n) is 2.18. The molecule has 1 rings (SSSR count). The Morgan fingerprint density at radius 3 is 2.42 bits per heavy atom. The maximum Gasteiger partial charge on any atom is 0.122 e. The lowest BCUT2D eigenvalue weighted by Gasteiger charge is -2.06. The number of anilines is 2. The van der Waals surface area contributed by atoms with Crippen LogP contribution < -0.4 is 11.5 Å². The molecule has 0 amide bonds. The summed E-state index contributed by atoms with van der Waals surface area (Å²) < 4.78 is 0. The van der Waals surface area contributed by atoms with Gasteiger partial charge in [-0.05, 0) is 18.6 Å². The van der Waals surface area contributed by atoms with Gasteiger partial charge in [0.15, 0.2) is 0 Å². The highest BCUT2D eigenvalue weighted by atomic mass is 32.2. The first-order chi connectivity index (χ1) is 5.69. The minimum absolute atomic E-state index is 0.584. The van der Waals surface area contributed by atoms with E-state index < -0.39 is 0 Å². The molecular formula is C7H11N3S2. The van der Waals surface area contributed by atoms with Gasteiger partial charge in [-0.25, -0.2) is 4.98 Å². The Hall–Kier alpha value is -0.550. The molecule has 0 aliphatic rings. The summed E-state index contributed by atoms with van der Waals surface area (Å²) in [5, 5.41) is 1.71. The molecule has 0 radical (unpaired) electrons. The van der Waals surface area contributed by atoms with Crippen molar-refractivity contribution in [3.05, 3.63) is 6.07 Å². The van der Waals surface area contributed by atoms with Crippen molar-refractivity contribution >= 4 is 34.9 Å². The molecular weight excluding hydrogens is 190 g/mol. The van der Waals surface area contributed by atoms with Crippen molar-refractivity contribution in [3.8, 4) is 0 Å². The predicted octanol–water partition coefficient (Wildman–Crippen LogP) is 1.69. The molecule has 66 valence electrons. The Kier molecular flexibility index (Phi) is 3.11. The lowest BCUT2D eigenvalue weighted by atomic mass is 10.4. The van der Waals surface area contributed by atoms with Crippen LogP contribution in [0.1, 0.15) is 0 Å². The number of thioether (sulfide) groups is 2.